The van der Waals surface area contributed by atoms with Crippen LogP contribution in [0.3, 0.4) is 0 Å². The molecule has 26 heavy (non-hydrogen) atoms. The lowest BCUT2D eigenvalue weighted by Crippen LogP contribution is -2.40. The first-order valence-electron chi connectivity index (χ1n) is 8.92. The Bertz CT molecular complexity index is 762. The predicted octanol–water partition coefficient (Wildman–Crippen LogP) is 5.00. The number of carbonyl (C=O) groups excluding carboxylic acids is 2. The van der Waals surface area contributed by atoms with Gasteiger partial charge in [0.05, 0.1) is 10.6 Å². The molecule has 0 N–H and O–H groups in total. The van der Waals surface area contributed by atoms with Crippen molar-refractivity contribution in [1.29, 1.82) is 0 Å². The lowest BCUT2D eigenvalue weighted by Gasteiger charge is -2.39. The van der Waals surface area contributed by atoms with Crippen LogP contribution in [0.4, 0.5) is 0 Å². The lowest BCUT2D eigenvalue weighted by molar-refractivity contribution is -0.134. The van der Waals surface area contributed by atoms with Gasteiger partial charge in [-0.2, -0.15) is 0 Å². The zero-order valence-corrected chi connectivity index (χ0v) is 17.2. The van der Waals surface area contributed by atoms with E-state index >= 15 is 0 Å². The van der Waals surface area contributed by atoms with Crippen LogP contribution in [0, 0.1) is 10.8 Å². The van der Waals surface area contributed by atoms with E-state index in [0.717, 1.165) is 25.8 Å². The SMILES string of the molecule is CC(=O)c1cc(Cl)cc(Cl)c1OCC(=O)N1C[C@@]2(C)C[C@@H]1CC(C)(C)C2. The molecule has 6 heteroatoms. The number of hydrogen-bond acceptors (Lipinski definition) is 3. The summed E-state index contributed by atoms with van der Waals surface area (Å²) < 4.78 is 5.69. The zero-order chi connectivity index (χ0) is 19.3. The lowest BCUT2D eigenvalue weighted by atomic mass is 9.65. The molecule has 1 aromatic carbocycles. The molecule has 142 valence electrons. The van der Waals surface area contributed by atoms with Crippen LogP contribution in [-0.4, -0.2) is 35.8 Å². The molecule has 0 spiro atoms. The molecule has 1 aromatic rings. The summed E-state index contributed by atoms with van der Waals surface area (Å²) in [7, 11) is 0. The number of Topliss-reactive ketones (excluding diaryl/α,β-unsaturated/α-hetero) is 1. The van der Waals surface area contributed by atoms with Crippen LogP contribution >= 0.6 is 23.2 Å². The van der Waals surface area contributed by atoms with Crippen molar-refractivity contribution in [1.82, 2.24) is 4.90 Å². The van der Waals surface area contributed by atoms with Gasteiger partial charge >= 0.3 is 0 Å². The number of likely N-dealkylation sites (tertiary alicyclic amines) is 1. The molecule has 2 fully saturated rings. The molecule has 0 aromatic heterocycles. The molecular formula is C20H25Cl2NO3. The maximum absolute atomic E-state index is 12.8. The van der Waals surface area contributed by atoms with Crippen molar-refractivity contribution in [2.75, 3.05) is 13.2 Å². The summed E-state index contributed by atoms with van der Waals surface area (Å²) in [5.41, 5.74) is 0.711. The van der Waals surface area contributed by atoms with Crippen LogP contribution in [0.25, 0.3) is 0 Å². The van der Waals surface area contributed by atoms with Crippen molar-refractivity contribution in [3.8, 4) is 5.75 Å². The van der Waals surface area contributed by atoms with E-state index in [-0.39, 0.29) is 45.9 Å². The van der Waals surface area contributed by atoms with Gasteiger partial charge in [-0.15, -0.1) is 0 Å². The number of hydrogen-bond donors (Lipinski definition) is 0. The average Bonchev–Trinajstić information content (AvgIpc) is 2.74. The second-order valence-corrected chi connectivity index (χ2v) is 9.69. The van der Waals surface area contributed by atoms with E-state index in [1.807, 2.05) is 4.90 Å². The van der Waals surface area contributed by atoms with Crippen molar-refractivity contribution in [3.63, 3.8) is 0 Å². The van der Waals surface area contributed by atoms with Gasteiger partial charge in [0.15, 0.2) is 12.4 Å². The van der Waals surface area contributed by atoms with Gasteiger partial charge in [-0.25, -0.2) is 0 Å². The summed E-state index contributed by atoms with van der Waals surface area (Å²) in [5.74, 6) is -0.0364. The van der Waals surface area contributed by atoms with Crippen LogP contribution in [0.1, 0.15) is 57.3 Å². The van der Waals surface area contributed by atoms with Crippen LogP contribution in [0.5, 0.6) is 5.75 Å². The minimum atomic E-state index is -0.205. The van der Waals surface area contributed by atoms with Gasteiger partial charge in [0.1, 0.15) is 5.75 Å². The summed E-state index contributed by atoms with van der Waals surface area (Å²) >= 11 is 12.2. The quantitative estimate of drug-likeness (QED) is 0.671. The highest BCUT2D eigenvalue weighted by Crippen LogP contribution is 2.52. The highest BCUT2D eigenvalue weighted by atomic mass is 35.5. The molecule has 4 nitrogen and oxygen atoms in total. The molecule has 3 rings (SSSR count). The van der Waals surface area contributed by atoms with Crippen molar-refractivity contribution in [3.05, 3.63) is 27.7 Å². The first-order chi connectivity index (χ1) is 12.0. The summed E-state index contributed by atoms with van der Waals surface area (Å²) in [5, 5.41) is 0.603. The monoisotopic (exact) mass is 397 g/mol. The number of carbonyl (C=O) groups is 2. The smallest absolute Gasteiger partial charge is 0.260 e. The van der Waals surface area contributed by atoms with Crippen molar-refractivity contribution in [2.45, 2.75) is 53.0 Å². The third kappa shape index (κ3) is 3.86. The van der Waals surface area contributed by atoms with Gasteiger partial charge in [-0.3, -0.25) is 9.59 Å². The minimum Gasteiger partial charge on any atom is -0.481 e. The number of fused-ring (bicyclic) bond motifs is 2. The molecule has 1 aliphatic heterocycles. The van der Waals surface area contributed by atoms with Crippen LogP contribution < -0.4 is 4.74 Å². The van der Waals surface area contributed by atoms with E-state index in [1.165, 1.54) is 19.1 Å². The molecule has 1 aliphatic carbocycles. The summed E-state index contributed by atoms with van der Waals surface area (Å²) in [6.07, 6.45) is 3.18. The third-order valence-corrected chi connectivity index (χ3v) is 5.96. The Morgan fingerprint density at radius 1 is 1.23 bits per heavy atom. The Labute approximate surface area is 164 Å². The van der Waals surface area contributed by atoms with E-state index < -0.39 is 0 Å². The standard InChI is InChI=1S/C20H25Cl2NO3/c1-12(24)15-5-13(21)6-16(22)18(15)26-9-17(25)23-11-20(4)8-14(23)7-19(2,3)10-20/h5-6,14H,7-11H2,1-4H3/t14-,20-/m0/s1. The Balaban J connectivity index is 1.74. The van der Waals surface area contributed by atoms with E-state index in [0.29, 0.717) is 10.6 Å². The molecule has 0 unspecified atom stereocenters. The number of amides is 1. The van der Waals surface area contributed by atoms with Crippen molar-refractivity contribution in [2.24, 2.45) is 10.8 Å². The van der Waals surface area contributed by atoms with Gasteiger partial charge in [0, 0.05) is 17.6 Å². The number of ether oxygens (including phenoxy) is 1. The minimum absolute atomic E-state index is 0.0584. The molecule has 2 atom stereocenters. The van der Waals surface area contributed by atoms with E-state index in [4.69, 9.17) is 27.9 Å². The van der Waals surface area contributed by atoms with Gasteiger partial charge in [0.2, 0.25) is 0 Å². The Hall–Kier alpha value is -1.26. The fourth-order valence-electron chi connectivity index (χ4n) is 4.94. The summed E-state index contributed by atoms with van der Waals surface area (Å²) in [4.78, 5) is 26.6. The number of halogens is 2. The molecule has 1 saturated carbocycles. The van der Waals surface area contributed by atoms with Gasteiger partial charge in [0.25, 0.3) is 5.91 Å². The number of rotatable bonds is 4. The molecule has 2 aliphatic rings. The molecule has 1 saturated heterocycles. The number of benzene rings is 1. The Morgan fingerprint density at radius 3 is 2.58 bits per heavy atom. The van der Waals surface area contributed by atoms with Crippen LogP contribution in [-0.2, 0) is 4.79 Å². The topological polar surface area (TPSA) is 46.6 Å². The normalized spacial score (nSPS) is 26.7. The second-order valence-electron chi connectivity index (χ2n) is 8.84. The average molecular weight is 398 g/mol. The van der Waals surface area contributed by atoms with E-state index in [9.17, 15) is 9.59 Å². The predicted molar refractivity (Wildman–Crippen MR) is 103 cm³/mol. The second kappa shape index (κ2) is 6.72. The third-order valence-electron chi connectivity index (χ3n) is 5.46. The number of nitrogens with zero attached hydrogens (tertiary/aromatic N) is 1. The molecular weight excluding hydrogens is 373 g/mol. The van der Waals surface area contributed by atoms with Crippen molar-refractivity contribution >= 4 is 34.9 Å². The molecule has 1 amide bonds. The van der Waals surface area contributed by atoms with E-state index in [2.05, 4.69) is 20.8 Å². The Kier molecular flexibility index (Phi) is 5.04. The Morgan fingerprint density at radius 2 is 1.92 bits per heavy atom. The van der Waals surface area contributed by atoms with Crippen LogP contribution in [0.15, 0.2) is 12.1 Å². The zero-order valence-electron chi connectivity index (χ0n) is 15.7. The fraction of sp³-hybridized carbons (Fsp3) is 0.600. The summed E-state index contributed by atoms with van der Waals surface area (Å²) in [6, 6.07) is 3.29. The highest BCUT2D eigenvalue weighted by Gasteiger charge is 2.50. The molecule has 1 heterocycles. The highest BCUT2D eigenvalue weighted by molar-refractivity contribution is 6.36. The van der Waals surface area contributed by atoms with Gasteiger partial charge in [-0.1, -0.05) is 44.0 Å². The van der Waals surface area contributed by atoms with Gasteiger partial charge in [-0.05, 0) is 49.1 Å². The first kappa shape index (κ1) is 19.5. The maximum atomic E-state index is 12.8. The van der Waals surface area contributed by atoms with E-state index in [1.54, 1.807) is 0 Å². The first-order valence-corrected chi connectivity index (χ1v) is 9.68. The molecule has 0 radical (unpaired) electrons. The molecule has 2 bridgehead atoms. The maximum Gasteiger partial charge on any atom is 0.260 e. The number of ketones is 1. The van der Waals surface area contributed by atoms with Crippen LogP contribution in [0.2, 0.25) is 10.0 Å². The summed E-state index contributed by atoms with van der Waals surface area (Å²) in [6.45, 7) is 8.86. The largest absolute Gasteiger partial charge is 0.481 e. The fourth-order valence-corrected chi connectivity index (χ4v) is 5.48. The van der Waals surface area contributed by atoms with Gasteiger partial charge < -0.3 is 9.64 Å². The van der Waals surface area contributed by atoms with Crippen molar-refractivity contribution < 1.29 is 14.3 Å².